The van der Waals surface area contributed by atoms with Gasteiger partial charge in [-0.3, -0.25) is 4.79 Å². The van der Waals surface area contributed by atoms with Crippen molar-refractivity contribution in [3.05, 3.63) is 54.1 Å². The van der Waals surface area contributed by atoms with Crippen molar-refractivity contribution in [1.29, 1.82) is 0 Å². The number of ether oxygens (including phenoxy) is 1. The predicted octanol–water partition coefficient (Wildman–Crippen LogP) is 5.23. The van der Waals surface area contributed by atoms with E-state index in [1.54, 1.807) is 4.90 Å². The summed E-state index contributed by atoms with van der Waals surface area (Å²) in [6.45, 7) is 8.09. The number of piperidine rings is 2. The summed E-state index contributed by atoms with van der Waals surface area (Å²) in [5.74, 6) is 1.57. The van der Waals surface area contributed by atoms with E-state index < -0.39 is 6.10 Å². The van der Waals surface area contributed by atoms with Gasteiger partial charge in [-0.05, 0) is 98.3 Å². The SMILES string of the molecule is CC1(CN2CCC(COc3ccc(-c4ccc(C(=O)N5CCCC(O)C5)cc4)cc3)CC2)CCC1. The van der Waals surface area contributed by atoms with Crippen LogP contribution in [0.3, 0.4) is 0 Å². The summed E-state index contributed by atoms with van der Waals surface area (Å²) in [6.07, 6.45) is 7.91. The van der Waals surface area contributed by atoms with E-state index in [1.165, 1.54) is 51.7 Å². The topological polar surface area (TPSA) is 53.0 Å². The van der Waals surface area contributed by atoms with E-state index >= 15 is 0 Å². The summed E-state index contributed by atoms with van der Waals surface area (Å²) in [5.41, 5.74) is 3.45. The van der Waals surface area contributed by atoms with E-state index in [0.717, 1.165) is 42.9 Å². The third-order valence-electron chi connectivity index (χ3n) is 8.36. The molecule has 188 valence electrons. The van der Waals surface area contributed by atoms with Gasteiger partial charge in [0.05, 0.1) is 12.7 Å². The van der Waals surface area contributed by atoms with Crippen LogP contribution in [0.5, 0.6) is 5.75 Å². The zero-order valence-corrected chi connectivity index (χ0v) is 21.1. The average molecular weight is 477 g/mol. The van der Waals surface area contributed by atoms with E-state index in [2.05, 4.69) is 36.1 Å². The molecule has 0 radical (unpaired) electrons. The minimum absolute atomic E-state index is 0.00196. The lowest BCUT2D eigenvalue weighted by Crippen LogP contribution is -2.44. The van der Waals surface area contributed by atoms with Gasteiger partial charge in [0.25, 0.3) is 5.91 Å². The van der Waals surface area contributed by atoms with Crippen LogP contribution in [0.15, 0.2) is 48.5 Å². The van der Waals surface area contributed by atoms with Crippen molar-refractivity contribution in [1.82, 2.24) is 9.80 Å². The third kappa shape index (κ3) is 6.07. The van der Waals surface area contributed by atoms with Crippen molar-refractivity contribution in [2.75, 3.05) is 39.3 Å². The number of benzene rings is 2. The van der Waals surface area contributed by atoms with Gasteiger partial charge in [0.15, 0.2) is 0 Å². The number of amides is 1. The molecule has 5 rings (SSSR count). The van der Waals surface area contributed by atoms with E-state index in [1.807, 2.05) is 24.3 Å². The van der Waals surface area contributed by atoms with Crippen molar-refractivity contribution in [2.45, 2.75) is 58.0 Å². The first-order valence-corrected chi connectivity index (χ1v) is 13.5. The molecule has 3 aliphatic rings. The van der Waals surface area contributed by atoms with Crippen molar-refractivity contribution >= 4 is 5.91 Å². The van der Waals surface area contributed by atoms with Gasteiger partial charge in [-0.1, -0.05) is 37.6 Å². The van der Waals surface area contributed by atoms with Gasteiger partial charge >= 0.3 is 0 Å². The molecule has 3 fully saturated rings. The number of aliphatic hydroxyl groups excluding tert-OH is 1. The fourth-order valence-corrected chi connectivity index (χ4v) is 5.87. The molecule has 0 bridgehead atoms. The summed E-state index contributed by atoms with van der Waals surface area (Å²) >= 11 is 0. The Morgan fingerprint density at radius 3 is 2.20 bits per heavy atom. The van der Waals surface area contributed by atoms with Crippen LogP contribution in [0, 0.1) is 11.3 Å². The highest BCUT2D eigenvalue weighted by molar-refractivity contribution is 5.94. The standard InChI is InChI=1S/C30H40N2O3/c1-30(15-3-16-30)22-31-18-13-23(14-19-31)21-35-28-11-9-25(10-12-28)24-5-7-26(8-6-24)29(34)32-17-2-4-27(33)20-32/h5-12,23,27,33H,2-4,13-22H2,1H3. The molecule has 2 saturated heterocycles. The van der Waals surface area contributed by atoms with Crippen molar-refractivity contribution in [3.63, 3.8) is 0 Å². The summed E-state index contributed by atoms with van der Waals surface area (Å²) in [7, 11) is 0. The molecule has 2 aromatic carbocycles. The highest BCUT2D eigenvalue weighted by Gasteiger charge is 2.34. The molecule has 5 heteroatoms. The number of carbonyl (C=O) groups is 1. The van der Waals surface area contributed by atoms with Crippen LogP contribution in [-0.4, -0.2) is 66.2 Å². The zero-order valence-electron chi connectivity index (χ0n) is 21.1. The maximum absolute atomic E-state index is 12.7. The first-order valence-electron chi connectivity index (χ1n) is 13.5. The van der Waals surface area contributed by atoms with Crippen LogP contribution in [-0.2, 0) is 0 Å². The second-order valence-corrected chi connectivity index (χ2v) is 11.3. The molecule has 2 heterocycles. The highest BCUT2D eigenvalue weighted by atomic mass is 16.5. The van der Waals surface area contributed by atoms with Crippen LogP contribution in [0.25, 0.3) is 11.1 Å². The van der Waals surface area contributed by atoms with E-state index in [9.17, 15) is 9.90 Å². The van der Waals surface area contributed by atoms with E-state index in [4.69, 9.17) is 4.74 Å². The minimum Gasteiger partial charge on any atom is -0.493 e. The largest absolute Gasteiger partial charge is 0.493 e. The molecule has 0 aromatic heterocycles. The molecule has 1 unspecified atom stereocenters. The Balaban J connectivity index is 1.09. The van der Waals surface area contributed by atoms with Crippen LogP contribution >= 0.6 is 0 Å². The Kier molecular flexibility index (Phi) is 7.45. The molecule has 2 aromatic rings. The molecular weight excluding hydrogens is 436 g/mol. The minimum atomic E-state index is -0.402. The van der Waals surface area contributed by atoms with Crippen LogP contribution in [0.2, 0.25) is 0 Å². The third-order valence-corrected chi connectivity index (χ3v) is 8.36. The zero-order chi connectivity index (χ0) is 24.3. The number of β-amino-alcohol motifs (C(OH)–C–C–N with tert-alkyl or cyclic N) is 1. The summed E-state index contributed by atoms with van der Waals surface area (Å²) < 4.78 is 6.14. The van der Waals surface area contributed by atoms with Gasteiger partial charge in [-0.2, -0.15) is 0 Å². The Morgan fingerprint density at radius 2 is 1.60 bits per heavy atom. The number of likely N-dealkylation sites (tertiary alicyclic amines) is 2. The Labute approximate surface area is 210 Å². The van der Waals surface area contributed by atoms with Crippen LogP contribution < -0.4 is 4.74 Å². The van der Waals surface area contributed by atoms with Gasteiger partial charge in [0, 0.05) is 25.2 Å². The quantitative estimate of drug-likeness (QED) is 0.594. The van der Waals surface area contributed by atoms with Crippen LogP contribution in [0.1, 0.15) is 62.2 Å². The smallest absolute Gasteiger partial charge is 0.253 e. The molecule has 1 atom stereocenters. The number of nitrogens with zero attached hydrogens (tertiary/aromatic N) is 2. The predicted molar refractivity (Wildman–Crippen MR) is 140 cm³/mol. The van der Waals surface area contributed by atoms with Gasteiger partial charge in [0.2, 0.25) is 0 Å². The molecule has 1 aliphatic carbocycles. The number of hydrogen-bond acceptors (Lipinski definition) is 4. The van der Waals surface area contributed by atoms with E-state index in [0.29, 0.717) is 23.4 Å². The molecule has 5 nitrogen and oxygen atoms in total. The van der Waals surface area contributed by atoms with E-state index in [-0.39, 0.29) is 5.91 Å². The van der Waals surface area contributed by atoms with Gasteiger partial charge in [0.1, 0.15) is 5.75 Å². The second-order valence-electron chi connectivity index (χ2n) is 11.3. The first-order chi connectivity index (χ1) is 17.0. The number of aliphatic hydroxyl groups is 1. The number of hydrogen-bond donors (Lipinski definition) is 1. The molecular formula is C30H40N2O3. The highest BCUT2D eigenvalue weighted by Crippen LogP contribution is 2.41. The summed E-state index contributed by atoms with van der Waals surface area (Å²) in [6, 6.07) is 16.1. The lowest BCUT2D eigenvalue weighted by Gasteiger charge is -2.44. The molecule has 1 N–H and O–H groups in total. The maximum atomic E-state index is 12.7. The number of carbonyl (C=O) groups excluding carboxylic acids is 1. The lowest BCUT2D eigenvalue weighted by atomic mass is 9.70. The van der Waals surface area contributed by atoms with Crippen molar-refractivity contribution < 1.29 is 14.6 Å². The fourth-order valence-electron chi connectivity index (χ4n) is 5.87. The Morgan fingerprint density at radius 1 is 0.943 bits per heavy atom. The van der Waals surface area contributed by atoms with Gasteiger partial charge in [-0.15, -0.1) is 0 Å². The molecule has 1 amide bonds. The Hall–Kier alpha value is -2.37. The van der Waals surface area contributed by atoms with Crippen molar-refractivity contribution in [3.8, 4) is 16.9 Å². The second kappa shape index (κ2) is 10.7. The molecule has 0 spiro atoms. The normalized spacial score (nSPS) is 23.0. The van der Waals surface area contributed by atoms with Gasteiger partial charge < -0.3 is 19.6 Å². The summed E-state index contributed by atoms with van der Waals surface area (Å²) in [5, 5.41) is 9.85. The average Bonchev–Trinajstić information content (AvgIpc) is 2.87. The molecule has 2 aliphatic heterocycles. The fraction of sp³-hybridized carbons (Fsp3) is 0.567. The van der Waals surface area contributed by atoms with Crippen LogP contribution in [0.4, 0.5) is 0 Å². The molecule has 35 heavy (non-hydrogen) atoms. The molecule has 1 saturated carbocycles. The summed E-state index contributed by atoms with van der Waals surface area (Å²) in [4.78, 5) is 17.2. The first kappa shape index (κ1) is 24.3. The number of rotatable bonds is 7. The van der Waals surface area contributed by atoms with Crippen molar-refractivity contribution in [2.24, 2.45) is 11.3 Å². The Bertz CT molecular complexity index is 976. The maximum Gasteiger partial charge on any atom is 0.253 e. The van der Waals surface area contributed by atoms with Gasteiger partial charge in [-0.25, -0.2) is 0 Å². The lowest BCUT2D eigenvalue weighted by molar-refractivity contribution is 0.0474. The monoisotopic (exact) mass is 476 g/mol.